The number of unbranched alkanes of at least 4 members (excludes halogenated alkanes) is 19. The molecule has 0 aliphatic carbocycles. The maximum atomic E-state index is 12.2. The normalized spacial score (nSPS) is 13.0. The first-order chi connectivity index (χ1) is 26.5. The Kier molecular flexibility index (Phi) is 47.1. The highest BCUT2D eigenvalue weighted by Crippen LogP contribution is 2.21. The quantitative estimate of drug-likeness (QED) is 0.0379. The number of ether oxygens (including phenoxy) is 2. The molecule has 0 radical (unpaired) electrons. The molecule has 0 saturated carbocycles. The molecule has 0 bridgehead atoms. The molecule has 0 spiro atoms. The molecule has 6 heteroatoms. The summed E-state index contributed by atoms with van der Waals surface area (Å²) in [7, 11) is 0. The van der Waals surface area contributed by atoms with Crippen LogP contribution in [0.2, 0.25) is 0 Å². The van der Waals surface area contributed by atoms with Crippen LogP contribution in [0.25, 0.3) is 0 Å². The van der Waals surface area contributed by atoms with Gasteiger partial charge < -0.3 is 19.5 Å². The highest BCUT2D eigenvalue weighted by atomic mass is 16.5. The minimum atomic E-state index is 0.00656. The standard InChI is InChI=1S/C39H79NO3.C9H18O2/c1-5-9-12-14-16-20-24-30-38(40(34-28-35-41)33-27-23-19-15-13-10-6-2)31-25-21-17-18-22-26-32-39(42)43-36-37(8-4)29-11-7-3;1-3-5-6-9(4-2)7-11-8-10/h37-38,41H,5-36H2,1-4H3;8-9H,3-7H2,1-2H3. The van der Waals surface area contributed by atoms with E-state index in [1.807, 2.05) is 0 Å². The average molecular weight is 768 g/mol. The molecule has 3 atom stereocenters. The van der Waals surface area contributed by atoms with Crippen molar-refractivity contribution >= 4 is 12.4 Å². The number of esters is 1. The number of nitrogens with zero attached hydrogens (tertiary/aromatic N) is 1. The van der Waals surface area contributed by atoms with E-state index in [0.29, 0.717) is 50.6 Å². The minimum absolute atomic E-state index is 0.00656. The average Bonchev–Trinajstić information content (AvgIpc) is 3.19. The van der Waals surface area contributed by atoms with Crippen molar-refractivity contribution in [1.29, 1.82) is 0 Å². The molecule has 54 heavy (non-hydrogen) atoms. The fraction of sp³-hybridized carbons (Fsp3) is 0.958. The topological polar surface area (TPSA) is 76.1 Å². The van der Waals surface area contributed by atoms with Crippen molar-refractivity contribution in [3.63, 3.8) is 0 Å². The Bertz CT molecular complexity index is 734. The molecule has 0 aliphatic heterocycles. The third-order valence-corrected chi connectivity index (χ3v) is 11.4. The van der Waals surface area contributed by atoms with Gasteiger partial charge >= 0.3 is 5.97 Å². The highest BCUT2D eigenvalue weighted by molar-refractivity contribution is 5.69. The molecular weight excluding hydrogens is 671 g/mol. The van der Waals surface area contributed by atoms with E-state index in [1.165, 1.54) is 173 Å². The van der Waals surface area contributed by atoms with Crippen LogP contribution in [0.4, 0.5) is 0 Å². The predicted octanol–water partition coefficient (Wildman–Crippen LogP) is 14.2. The van der Waals surface area contributed by atoms with Gasteiger partial charge in [-0.05, 0) is 63.3 Å². The SMILES string of the molecule is CCCCC(CC)COC=O.CCCCCCCCCC(CCCCCCCCC(=O)OCC(CC)CCCC)N(CCCO)CCCCCCCCC. The van der Waals surface area contributed by atoms with Crippen LogP contribution >= 0.6 is 0 Å². The lowest BCUT2D eigenvalue weighted by molar-refractivity contribution is -0.145. The van der Waals surface area contributed by atoms with Crippen molar-refractivity contribution in [3.05, 3.63) is 0 Å². The van der Waals surface area contributed by atoms with Gasteiger partial charge in [0.1, 0.15) is 0 Å². The molecule has 0 fully saturated rings. The molecule has 0 amide bonds. The van der Waals surface area contributed by atoms with Crippen molar-refractivity contribution in [2.75, 3.05) is 32.9 Å². The van der Waals surface area contributed by atoms with Crippen LogP contribution in [0.15, 0.2) is 0 Å². The number of carbonyl (C=O) groups excluding carboxylic acids is 2. The van der Waals surface area contributed by atoms with E-state index in [-0.39, 0.29) is 5.97 Å². The van der Waals surface area contributed by atoms with E-state index in [0.717, 1.165) is 38.6 Å². The van der Waals surface area contributed by atoms with Crippen LogP contribution in [0.1, 0.15) is 247 Å². The zero-order valence-electron chi connectivity index (χ0n) is 37.5. The third kappa shape index (κ3) is 39.1. The predicted molar refractivity (Wildman–Crippen MR) is 234 cm³/mol. The van der Waals surface area contributed by atoms with Crippen molar-refractivity contribution < 1.29 is 24.2 Å². The van der Waals surface area contributed by atoms with E-state index < -0.39 is 0 Å². The number of hydrogen-bond acceptors (Lipinski definition) is 6. The van der Waals surface area contributed by atoms with Crippen molar-refractivity contribution in [1.82, 2.24) is 4.90 Å². The van der Waals surface area contributed by atoms with Gasteiger partial charge in [0, 0.05) is 25.6 Å². The van der Waals surface area contributed by atoms with Gasteiger partial charge in [0.25, 0.3) is 6.47 Å². The zero-order chi connectivity index (χ0) is 40.2. The Hall–Kier alpha value is -1.14. The summed E-state index contributed by atoms with van der Waals surface area (Å²) in [6, 6.07) is 0.682. The van der Waals surface area contributed by atoms with Crippen molar-refractivity contribution in [3.8, 4) is 0 Å². The van der Waals surface area contributed by atoms with Crippen LogP contribution < -0.4 is 0 Å². The summed E-state index contributed by atoms with van der Waals surface area (Å²) < 4.78 is 10.3. The Labute approximate surface area is 338 Å². The molecule has 0 saturated heterocycles. The van der Waals surface area contributed by atoms with E-state index >= 15 is 0 Å². The van der Waals surface area contributed by atoms with Gasteiger partial charge in [0.2, 0.25) is 0 Å². The summed E-state index contributed by atoms with van der Waals surface area (Å²) in [6.07, 6.45) is 40.0. The fourth-order valence-corrected chi connectivity index (χ4v) is 7.48. The summed E-state index contributed by atoms with van der Waals surface area (Å²) in [5.41, 5.74) is 0. The highest BCUT2D eigenvalue weighted by Gasteiger charge is 2.18. The Balaban J connectivity index is 0. The van der Waals surface area contributed by atoms with Crippen LogP contribution in [0.5, 0.6) is 0 Å². The van der Waals surface area contributed by atoms with Gasteiger partial charge in [-0.3, -0.25) is 9.59 Å². The number of carbonyl (C=O) groups is 2. The second-order valence-electron chi connectivity index (χ2n) is 16.4. The van der Waals surface area contributed by atoms with Gasteiger partial charge in [-0.1, -0.05) is 196 Å². The lowest BCUT2D eigenvalue weighted by Gasteiger charge is -2.32. The van der Waals surface area contributed by atoms with Crippen LogP contribution in [-0.2, 0) is 19.1 Å². The second kappa shape index (κ2) is 46.2. The summed E-state index contributed by atoms with van der Waals surface area (Å²) >= 11 is 0. The molecule has 0 aromatic rings. The van der Waals surface area contributed by atoms with E-state index in [1.54, 1.807) is 0 Å². The largest absolute Gasteiger partial charge is 0.468 e. The second-order valence-corrected chi connectivity index (χ2v) is 16.4. The molecule has 0 aromatic carbocycles. The van der Waals surface area contributed by atoms with Crippen molar-refractivity contribution in [2.45, 2.75) is 253 Å². The molecule has 1 N–H and O–H groups in total. The molecule has 0 heterocycles. The maximum Gasteiger partial charge on any atom is 0.305 e. The van der Waals surface area contributed by atoms with Gasteiger partial charge in [-0.2, -0.15) is 0 Å². The van der Waals surface area contributed by atoms with Crippen LogP contribution in [0.3, 0.4) is 0 Å². The Morgan fingerprint density at radius 2 is 0.944 bits per heavy atom. The summed E-state index contributed by atoms with van der Waals surface area (Å²) in [6.45, 7) is 17.6. The Morgan fingerprint density at radius 1 is 0.519 bits per heavy atom. The fourth-order valence-electron chi connectivity index (χ4n) is 7.48. The molecule has 0 rings (SSSR count). The molecule has 0 aromatic heterocycles. The molecule has 3 unspecified atom stereocenters. The summed E-state index contributed by atoms with van der Waals surface area (Å²) in [4.78, 5) is 24.8. The number of hydrogen-bond donors (Lipinski definition) is 1. The smallest absolute Gasteiger partial charge is 0.305 e. The van der Waals surface area contributed by atoms with Crippen LogP contribution in [-0.4, -0.2) is 61.4 Å². The Morgan fingerprint density at radius 3 is 1.41 bits per heavy atom. The van der Waals surface area contributed by atoms with Gasteiger partial charge in [-0.25, -0.2) is 0 Å². The minimum Gasteiger partial charge on any atom is -0.468 e. The lowest BCUT2D eigenvalue weighted by atomic mass is 9.98. The third-order valence-electron chi connectivity index (χ3n) is 11.4. The van der Waals surface area contributed by atoms with E-state index in [2.05, 4.69) is 46.4 Å². The van der Waals surface area contributed by atoms with Crippen molar-refractivity contribution in [2.24, 2.45) is 11.8 Å². The van der Waals surface area contributed by atoms with Gasteiger partial charge in [-0.15, -0.1) is 0 Å². The van der Waals surface area contributed by atoms with E-state index in [9.17, 15) is 14.7 Å². The molecule has 6 nitrogen and oxygen atoms in total. The number of aliphatic hydroxyl groups is 1. The maximum absolute atomic E-state index is 12.2. The number of aliphatic hydroxyl groups excluding tert-OH is 1. The zero-order valence-corrected chi connectivity index (χ0v) is 37.5. The lowest BCUT2D eigenvalue weighted by Crippen LogP contribution is -2.37. The molecular formula is C48H97NO5. The van der Waals surface area contributed by atoms with Gasteiger partial charge in [0.05, 0.1) is 13.2 Å². The summed E-state index contributed by atoms with van der Waals surface area (Å²) in [5, 5.41) is 9.60. The monoisotopic (exact) mass is 768 g/mol. The number of rotatable bonds is 42. The first-order valence-corrected chi connectivity index (χ1v) is 24.0. The molecule has 0 aliphatic rings. The molecule has 324 valence electrons. The van der Waals surface area contributed by atoms with Gasteiger partial charge in [0.15, 0.2) is 0 Å². The van der Waals surface area contributed by atoms with Crippen LogP contribution in [0, 0.1) is 11.8 Å². The first kappa shape index (κ1) is 55.0. The summed E-state index contributed by atoms with van der Waals surface area (Å²) in [5.74, 6) is 1.11. The first-order valence-electron chi connectivity index (χ1n) is 24.0. The van der Waals surface area contributed by atoms with E-state index in [4.69, 9.17) is 9.47 Å².